The summed E-state index contributed by atoms with van der Waals surface area (Å²) < 4.78 is 2.09. The molecule has 0 aromatic carbocycles. The molecular formula is C18H36N6. The number of hydrogen-bond donors (Lipinski definition) is 2. The number of rotatable bonds is 12. The molecule has 0 fully saturated rings. The van der Waals surface area contributed by atoms with Crippen LogP contribution in [0.25, 0.3) is 0 Å². The fourth-order valence-corrected chi connectivity index (χ4v) is 2.58. The average molecular weight is 337 g/mol. The van der Waals surface area contributed by atoms with Gasteiger partial charge in [0.2, 0.25) is 0 Å². The number of nitrogens with one attached hydrogen (secondary N) is 2. The molecule has 1 rings (SSSR count). The third kappa shape index (κ3) is 8.89. The second-order valence-corrected chi connectivity index (χ2v) is 6.58. The molecule has 6 nitrogen and oxygen atoms in total. The molecule has 0 saturated heterocycles. The minimum atomic E-state index is 0.825. The molecule has 1 aromatic rings. The zero-order valence-corrected chi connectivity index (χ0v) is 16.0. The van der Waals surface area contributed by atoms with Gasteiger partial charge in [-0.2, -0.15) is 0 Å². The van der Waals surface area contributed by atoms with Gasteiger partial charge in [0, 0.05) is 32.6 Å². The smallest absolute Gasteiger partial charge is 0.191 e. The first-order valence-electron chi connectivity index (χ1n) is 9.56. The van der Waals surface area contributed by atoms with Gasteiger partial charge in [-0.25, -0.2) is 0 Å². The Labute approximate surface area is 147 Å². The van der Waals surface area contributed by atoms with Crippen LogP contribution in [0.5, 0.6) is 0 Å². The van der Waals surface area contributed by atoms with Gasteiger partial charge in [-0.15, -0.1) is 10.2 Å². The van der Waals surface area contributed by atoms with Gasteiger partial charge in [-0.3, -0.25) is 4.99 Å². The zero-order valence-electron chi connectivity index (χ0n) is 16.0. The minimum Gasteiger partial charge on any atom is -0.357 e. The Hall–Kier alpha value is -1.59. The highest BCUT2D eigenvalue weighted by Gasteiger charge is 2.02. The fraction of sp³-hybridized carbons (Fsp3) is 0.833. The molecule has 24 heavy (non-hydrogen) atoms. The maximum Gasteiger partial charge on any atom is 0.191 e. The van der Waals surface area contributed by atoms with Crippen molar-refractivity contribution in [2.24, 2.45) is 10.9 Å². The zero-order chi connectivity index (χ0) is 17.6. The third-order valence-corrected chi connectivity index (χ3v) is 3.96. The second kappa shape index (κ2) is 12.8. The quantitative estimate of drug-likeness (QED) is 0.350. The van der Waals surface area contributed by atoms with Gasteiger partial charge in [0.1, 0.15) is 12.2 Å². The second-order valence-electron chi connectivity index (χ2n) is 6.58. The number of guanidine groups is 1. The highest BCUT2D eigenvalue weighted by molar-refractivity contribution is 5.79. The summed E-state index contributed by atoms with van der Waals surface area (Å²) in [5, 5.41) is 14.8. The molecule has 0 amide bonds. The fourth-order valence-electron chi connectivity index (χ4n) is 2.58. The number of aryl methyl sites for hydroxylation is 1. The van der Waals surface area contributed by atoms with Crippen LogP contribution in [0.2, 0.25) is 0 Å². The lowest BCUT2D eigenvalue weighted by atomic mass is 10.0. The highest BCUT2D eigenvalue weighted by atomic mass is 15.3. The summed E-state index contributed by atoms with van der Waals surface area (Å²) in [4.78, 5) is 4.66. The van der Waals surface area contributed by atoms with Gasteiger partial charge in [-0.1, -0.05) is 46.5 Å². The Bertz CT molecular complexity index is 452. The monoisotopic (exact) mass is 336 g/mol. The Kier molecular flexibility index (Phi) is 10.9. The number of nitrogens with zero attached hydrogens (tertiary/aromatic N) is 4. The van der Waals surface area contributed by atoms with Crippen molar-refractivity contribution >= 4 is 5.96 Å². The van der Waals surface area contributed by atoms with Gasteiger partial charge in [-0.05, 0) is 19.3 Å². The van der Waals surface area contributed by atoms with Crippen LogP contribution < -0.4 is 10.6 Å². The predicted octanol–water partition coefficient (Wildman–Crippen LogP) is 3.00. The largest absolute Gasteiger partial charge is 0.357 e. The lowest BCUT2D eigenvalue weighted by Crippen LogP contribution is -2.39. The molecule has 0 aliphatic rings. The van der Waals surface area contributed by atoms with Crippen LogP contribution >= 0.6 is 0 Å². The molecule has 2 N–H and O–H groups in total. The van der Waals surface area contributed by atoms with Crippen LogP contribution in [0.15, 0.2) is 11.3 Å². The van der Waals surface area contributed by atoms with Crippen molar-refractivity contribution in [1.29, 1.82) is 0 Å². The summed E-state index contributed by atoms with van der Waals surface area (Å²) in [5.41, 5.74) is 0. The maximum atomic E-state index is 4.66. The van der Waals surface area contributed by atoms with E-state index in [2.05, 4.69) is 58.1 Å². The van der Waals surface area contributed by atoms with Crippen LogP contribution in [0, 0.1) is 5.92 Å². The molecule has 138 valence electrons. The van der Waals surface area contributed by atoms with Gasteiger partial charge < -0.3 is 15.2 Å². The molecular weight excluding hydrogens is 300 g/mol. The summed E-state index contributed by atoms with van der Waals surface area (Å²) >= 11 is 0. The van der Waals surface area contributed by atoms with E-state index < -0.39 is 0 Å². The Balaban J connectivity index is 2.22. The number of hydrogen-bond acceptors (Lipinski definition) is 3. The van der Waals surface area contributed by atoms with E-state index in [4.69, 9.17) is 0 Å². The predicted molar refractivity (Wildman–Crippen MR) is 101 cm³/mol. The van der Waals surface area contributed by atoms with E-state index in [0.717, 1.165) is 50.3 Å². The van der Waals surface area contributed by atoms with Crippen LogP contribution in [0.3, 0.4) is 0 Å². The normalized spacial score (nSPS) is 12.0. The SMILES string of the molecule is CCNC(=NCCCCCCC(C)C)NCCn1cnnc1CC. The van der Waals surface area contributed by atoms with Crippen molar-refractivity contribution in [2.75, 3.05) is 19.6 Å². The summed E-state index contributed by atoms with van der Waals surface area (Å²) in [6.07, 6.45) is 9.16. The van der Waals surface area contributed by atoms with Crippen molar-refractivity contribution in [3.63, 3.8) is 0 Å². The molecule has 1 heterocycles. The van der Waals surface area contributed by atoms with Crippen LogP contribution in [-0.4, -0.2) is 40.4 Å². The molecule has 0 radical (unpaired) electrons. The molecule has 0 bridgehead atoms. The molecule has 0 spiro atoms. The van der Waals surface area contributed by atoms with E-state index in [0.29, 0.717) is 0 Å². The van der Waals surface area contributed by atoms with Gasteiger partial charge >= 0.3 is 0 Å². The van der Waals surface area contributed by atoms with Crippen molar-refractivity contribution in [2.45, 2.75) is 72.8 Å². The minimum absolute atomic E-state index is 0.825. The molecule has 0 aliphatic heterocycles. The van der Waals surface area contributed by atoms with Crippen molar-refractivity contribution in [3.05, 3.63) is 12.2 Å². The molecule has 1 aromatic heterocycles. The summed E-state index contributed by atoms with van der Waals surface area (Å²) in [7, 11) is 0. The first-order chi connectivity index (χ1) is 11.7. The molecule has 0 aliphatic carbocycles. The maximum absolute atomic E-state index is 4.66. The van der Waals surface area contributed by atoms with E-state index in [1.165, 1.54) is 32.1 Å². The molecule has 0 atom stereocenters. The van der Waals surface area contributed by atoms with E-state index in [9.17, 15) is 0 Å². The number of unbranched alkanes of at least 4 members (excludes halogenated alkanes) is 3. The average Bonchev–Trinajstić information content (AvgIpc) is 3.01. The molecule has 6 heteroatoms. The molecule has 0 unspecified atom stereocenters. The van der Waals surface area contributed by atoms with Gasteiger partial charge in [0.05, 0.1) is 0 Å². The lowest BCUT2D eigenvalue weighted by Gasteiger charge is -2.12. The van der Waals surface area contributed by atoms with Crippen LogP contribution in [0.4, 0.5) is 0 Å². The lowest BCUT2D eigenvalue weighted by molar-refractivity contribution is 0.521. The number of aromatic nitrogens is 3. The highest BCUT2D eigenvalue weighted by Crippen LogP contribution is 2.09. The standard InChI is InChI=1S/C18H36N6/c1-5-17-23-22-15-24(17)14-13-21-18(19-6-2)20-12-10-8-7-9-11-16(3)4/h15-16H,5-14H2,1-4H3,(H2,19,20,21). The third-order valence-electron chi connectivity index (χ3n) is 3.96. The summed E-state index contributed by atoms with van der Waals surface area (Å²) in [5.74, 6) is 2.76. The topological polar surface area (TPSA) is 67.1 Å². The van der Waals surface area contributed by atoms with Gasteiger partial charge in [0.25, 0.3) is 0 Å². The summed E-state index contributed by atoms with van der Waals surface area (Å²) in [6.45, 7) is 12.2. The molecule has 0 saturated carbocycles. The van der Waals surface area contributed by atoms with Crippen molar-refractivity contribution in [3.8, 4) is 0 Å². The van der Waals surface area contributed by atoms with E-state index in [-0.39, 0.29) is 0 Å². The van der Waals surface area contributed by atoms with E-state index in [1.807, 2.05) is 0 Å². The Morgan fingerprint density at radius 2 is 1.96 bits per heavy atom. The van der Waals surface area contributed by atoms with Crippen LogP contribution in [0.1, 0.15) is 65.6 Å². The van der Waals surface area contributed by atoms with E-state index >= 15 is 0 Å². The van der Waals surface area contributed by atoms with Crippen LogP contribution in [-0.2, 0) is 13.0 Å². The van der Waals surface area contributed by atoms with Crippen molar-refractivity contribution in [1.82, 2.24) is 25.4 Å². The summed E-state index contributed by atoms with van der Waals surface area (Å²) in [6, 6.07) is 0. The van der Waals surface area contributed by atoms with Gasteiger partial charge in [0.15, 0.2) is 5.96 Å². The first-order valence-corrected chi connectivity index (χ1v) is 9.56. The first kappa shape index (κ1) is 20.5. The number of aliphatic imine (C=N–C) groups is 1. The van der Waals surface area contributed by atoms with E-state index in [1.54, 1.807) is 6.33 Å². The Morgan fingerprint density at radius 1 is 1.17 bits per heavy atom. The van der Waals surface area contributed by atoms with Crippen molar-refractivity contribution < 1.29 is 0 Å². The Morgan fingerprint density at radius 3 is 2.67 bits per heavy atom.